The summed E-state index contributed by atoms with van der Waals surface area (Å²) in [5.41, 5.74) is 4.37. The average Bonchev–Trinajstić information content (AvgIpc) is 3.32. The van der Waals surface area contributed by atoms with Crippen LogP contribution in [0.4, 0.5) is 5.69 Å². The van der Waals surface area contributed by atoms with Gasteiger partial charge in [-0.25, -0.2) is 5.43 Å². The van der Waals surface area contributed by atoms with Crippen molar-refractivity contribution in [3.8, 4) is 23.0 Å². The fraction of sp³-hybridized carbons (Fsp3) is 0.167. The molecule has 174 valence electrons. The van der Waals surface area contributed by atoms with Crippen molar-refractivity contribution in [1.29, 1.82) is 0 Å². The molecule has 1 amide bonds. The Morgan fingerprint density at radius 2 is 1.85 bits per heavy atom. The molecular formula is C24H21N3O7. The van der Waals surface area contributed by atoms with Gasteiger partial charge in [0.15, 0.2) is 23.0 Å². The smallest absolute Gasteiger partial charge is 0.271 e. The van der Waals surface area contributed by atoms with E-state index in [1.165, 1.54) is 18.3 Å². The number of fused-ring (bicyclic) bond motifs is 1. The van der Waals surface area contributed by atoms with E-state index in [9.17, 15) is 14.9 Å². The molecule has 1 N–H and O–H groups in total. The molecule has 0 radical (unpaired) electrons. The number of hydrogen-bond acceptors (Lipinski definition) is 8. The molecule has 0 atom stereocenters. The van der Waals surface area contributed by atoms with Gasteiger partial charge in [0.2, 0.25) is 6.79 Å². The Hall–Kier alpha value is -4.60. The third-order valence-corrected chi connectivity index (χ3v) is 4.82. The molecule has 0 spiro atoms. The lowest BCUT2D eigenvalue weighted by Gasteiger charge is -2.12. The number of rotatable bonds is 9. The fourth-order valence-corrected chi connectivity index (χ4v) is 3.14. The predicted octanol–water partition coefficient (Wildman–Crippen LogP) is 4.07. The molecule has 10 nitrogen and oxygen atoms in total. The fourth-order valence-electron chi connectivity index (χ4n) is 3.14. The number of carbonyl (C=O) groups excluding carboxylic acids is 1. The summed E-state index contributed by atoms with van der Waals surface area (Å²) in [7, 11) is 0. The van der Waals surface area contributed by atoms with Gasteiger partial charge in [-0.05, 0) is 66.6 Å². The Labute approximate surface area is 194 Å². The molecule has 3 aromatic carbocycles. The van der Waals surface area contributed by atoms with E-state index in [1.54, 1.807) is 48.5 Å². The number of non-ortho nitro benzene ring substituents is 1. The molecule has 0 unspecified atom stereocenters. The summed E-state index contributed by atoms with van der Waals surface area (Å²) >= 11 is 0. The molecule has 0 aromatic heterocycles. The number of benzene rings is 3. The maximum atomic E-state index is 12.3. The lowest BCUT2D eigenvalue weighted by Crippen LogP contribution is -2.17. The van der Waals surface area contributed by atoms with Crippen molar-refractivity contribution in [2.24, 2.45) is 5.10 Å². The van der Waals surface area contributed by atoms with Crippen molar-refractivity contribution in [1.82, 2.24) is 5.43 Å². The lowest BCUT2D eigenvalue weighted by molar-refractivity contribution is -0.384. The van der Waals surface area contributed by atoms with Gasteiger partial charge in [-0.3, -0.25) is 14.9 Å². The highest BCUT2D eigenvalue weighted by Gasteiger charge is 2.16. The quantitative estimate of drug-likeness (QED) is 0.288. The van der Waals surface area contributed by atoms with Crippen LogP contribution in [0.25, 0.3) is 0 Å². The van der Waals surface area contributed by atoms with E-state index in [4.69, 9.17) is 18.9 Å². The summed E-state index contributed by atoms with van der Waals surface area (Å²) in [5, 5.41) is 14.8. The number of nitrogens with zero attached hydrogens (tertiary/aromatic N) is 2. The van der Waals surface area contributed by atoms with Gasteiger partial charge in [-0.15, -0.1) is 0 Å². The zero-order valence-corrected chi connectivity index (χ0v) is 18.2. The van der Waals surface area contributed by atoms with Gasteiger partial charge >= 0.3 is 0 Å². The Morgan fingerprint density at radius 3 is 2.62 bits per heavy atom. The molecule has 1 aliphatic heterocycles. The first-order valence-corrected chi connectivity index (χ1v) is 10.4. The topological polar surface area (TPSA) is 122 Å². The Bertz CT molecular complexity index is 1230. The van der Waals surface area contributed by atoms with Crippen molar-refractivity contribution in [2.75, 3.05) is 13.4 Å². The SMILES string of the molecule is CCOc1cc(/C=N/NC(=O)c2ccc3c(c2)OCO3)ccc1OCc1ccc([N+](=O)[O-])cc1. The van der Waals surface area contributed by atoms with Gasteiger partial charge < -0.3 is 18.9 Å². The van der Waals surface area contributed by atoms with Crippen LogP contribution in [0.3, 0.4) is 0 Å². The van der Waals surface area contributed by atoms with E-state index in [2.05, 4.69) is 10.5 Å². The molecule has 0 fully saturated rings. The molecule has 10 heteroatoms. The predicted molar refractivity (Wildman–Crippen MR) is 123 cm³/mol. The minimum Gasteiger partial charge on any atom is -0.490 e. The van der Waals surface area contributed by atoms with Gasteiger partial charge in [0.1, 0.15) is 6.61 Å². The molecule has 1 heterocycles. The zero-order valence-electron chi connectivity index (χ0n) is 18.2. The van der Waals surface area contributed by atoms with Gasteiger partial charge in [0, 0.05) is 17.7 Å². The summed E-state index contributed by atoms with van der Waals surface area (Å²) in [6, 6.07) is 16.3. The Kier molecular flexibility index (Phi) is 6.87. The second-order valence-corrected chi connectivity index (χ2v) is 7.12. The van der Waals surface area contributed by atoms with Crippen LogP contribution in [0, 0.1) is 10.1 Å². The maximum Gasteiger partial charge on any atom is 0.271 e. The van der Waals surface area contributed by atoms with Crippen LogP contribution in [0.1, 0.15) is 28.4 Å². The van der Waals surface area contributed by atoms with Crippen LogP contribution in [0.2, 0.25) is 0 Å². The van der Waals surface area contributed by atoms with Crippen molar-refractivity contribution < 1.29 is 28.7 Å². The minimum absolute atomic E-state index is 0.0213. The molecule has 4 rings (SSSR count). The number of carbonyl (C=O) groups is 1. The molecule has 0 bridgehead atoms. The van der Waals surface area contributed by atoms with E-state index < -0.39 is 4.92 Å². The van der Waals surface area contributed by atoms with E-state index in [-0.39, 0.29) is 25.0 Å². The number of nitrogens with one attached hydrogen (secondary N) is 1. The van der Waals surface area contributed by atoms with Crippen LogP contribution in [0.15, 0.2) is 65.8 Å². The summed E-state index contributed by atoms with van der Waals surface area (Å²) < 4.78 is 22.0. The number of amides is 1. The lowest BCUT2D eigenvalue weighted by atomic mass is 10.2. The zero-order chi connectivity index (χ0) is 23.9. The van der Waals surface area contributed by atoms with Crippen LogP contribution in [-0.2, 0) is 6.61 Å². The van der Waals surface area contributed by atoms with Gasteiger partial charge in [-0.1, -0.05) is 0 Å². The van der Waals surface area contributed by atoms with E-state index in [0.717, 1.165) is 5.56 Å². The molecule has 0 saturated heterocycles. The van der Waals surface area contributed by atoms with Crippen molar-refractivity contribution >= 4 is 17.8 Å². The number of nitro groups is 1. The molecular weight excluding hydrogens is 442 g/mol. The average molecular weight is 463 g/mol. The third-order valence-electron chi connectivity index (χ3n) is 4.82. The summed E-state index contributed by atoms with van der Waals surface area (Å²) in [6.45, 7) is 2.63. The normalized spacial score (nSPS) is 11.9. The molecule has 3 aromatic rings. The highest BCUT2D eigenvalue weighted by molar-refractivity contribution is 5.95. The van der Waals surface area contributed by atoms with Crippen LogP contribution in [-0.4, -0.2) is 30.4 Å². The van der Waals surface area contributed by atoms with Gasteiger partial charge in [-0.2, -0.15) is 5.10 Å². The number of hydrogen-bond donors (Lipinski definition) is 1. The minimum atomic E-state index is -0.449. The summed E-state index contributed by atoms with van der Waals surface area (Å²) in [5.74, 6) is 1.75. The highest BCUT2D eigenvalue weighted by Crippen LogP contribution is 2.32. The number of nitro benzene ring substituents is 1. The summed E-state index contributed by atoms with van der Waals surface area (Å²) in [4.78, 5) is 22.7. The van der Waals surface area contributed by atoms with Gasteiger partial charge in [0.25, 0.3) is 11.6 Å². The number of ether oxygens (including phenoxy) is 4. The van der Waals surface area contributed by atoms with Crippen LogP contribution < -0.4 is 24.4 Å². The first kappa shape index (κ1) is 22.6. The number of hydrazone groups is 1. The van der Waals surface area contributed by atoms with Gasteiger partial charge in [0.05, 0.1) is 17.7 Å². The van der Waals surface area contributed by atoms with E-state index in [0.29, 0.717) is 40.7 Å². The second kappa shape index (κ2) is 10.3. The molecule has 1 aliphatic rings. The van der Waals surface area contributed by atoms with Crippen LogP contribution in [0.5, 0.6) is 23.0 Å². The van der Waals surface area contributed by atoms with Crippen molar-refractivity contribution in [2.45, 2.75) is 13.5 Å². The second-order valence-electron chi connectivity index (χ2n) is 7.12. The van der Waals surface area contributed by atoms with Crippen molar-refractivity contribution in [3.63, 3.8) is 0 Å². The highest BCUT2D eigenvalue weighted by atomic mass is 16.7. The Balaban J connectivity index is 1.38. The van der Waals surface area contributed by atoms with Crippen LogP contribution >= 0.6 is 0 Å². The first-order chi connectivity index (χ1) is 16.5. The van der Waals surface area contributed by atoms with Crippen molar-refractivity contribution in [3.05, 3.63) is 87.5 Å². The third kappa shape index (κ3) is 5.41. The van der Waals surface area contributed by atoms with E-state index >= 15 is 0 Å². The standard InChI is InChI=1S/C24H21N3O7/c1-2-31-22-11-17(5-9-20(22)32-14-16-3-7-19(8-4-16)27(29)30)13-25-26-24(28)18-6-10-21-23(12-18)34-15-33-21/h3-13H,2,14-15H2,1H3,(H,26,28)/b25-13+. The molecule has 0 aliphatic carbocycles. The monoisotopic (exact) mass is 463 g/mol. The van der Waals surface area contributed by atoms with E-state index in [1.807, 2.05) is 6.92 Å². The Morgan fingerprint density at radius 1 is 1.06 bits per heavy atom. The maximum absolute atomic E-state index is 12.3. The molecule has 0 saturated carbocycles. The summed E-state index contributed by atoms with van der Waals surface area (Å²) in [6.07, 6.45) is 1.49. The first-order valence-electron chi connectivity index (χ1n) is 10.4. The largest absolute Gasteiger partial charge is 0.490 e. The molecule has 34 heavy (non-hydrogen) atoms.